The van der Waals surface area contributed by atoms with Crippen molar-refractivity contribution in [1.82, 2.24) is 0 Å². The molecule has 1 saturated carbocycles. The lowest BCUT2D eigenvalue weighted by atomic mass is 9.84. The molecule has 1 fully saturated rings. The highest BCUT2D eigenvalue weighted by molar-refractivity contribution is 7.91. The van der Waals surface area contributed by atoms with Gasteiger partial charge in [0.1, 0.15) is 15.9 Å². The molecule has 1 aliphatic carbocycles. The van der Waals surface area contributed by atoms with Crippen LogP contribution in [0.2, 0.25) is 0 Å². The summed E-state index contributed by atoms with van der Waals surface area (Å²) in [5.74, 6) is -0.0756. The van der Waals surface area contributed by atoms with Gasteiger partial charge >= 0.3 is 0 Å². The number of aliphatic hydroxyl groups excluding tert-OH is 1. The molecule has 0 spiro atoms. The Labute approximate surface area is 103 Å². The summed E-state index contributed by atoms with van der Waals surface area (Å²) in [6, 6.07) is 0. The smallest absolute Gasteiger partial charge is 0.182 e. The first-order valence-corrected chi connectivity index (χ1v) is 7.78. The molecule has 3 atom stereocenters. The number of methoxy groups -OCH3 is 2. The van der Waals surface area contributed by atoms with Crippen LogP contribution in [0.15, 0.2) is 0 Å². The Morgan fingerprint density at radius 2 is 1.82 bits per heavy atom. The van der Waals surface area contributed by atoms with E-state index in [1.807, 2.05) is 0 Å². The quantitative estimate of drug-likeness (QED) is 0.736. The van der Waals surface area contributed by atoms with E-state index >= 15 is 0 Å². The Bertz CT molecular complexity index is 323. The lowest BCUT2D eigenvalue weighted by Crippen LogP contribution is -2.40. The zero-order valence-electron chi connectivity index (χ0n) is 10.6. The lowest BCUT2D eigenvalue weighted by molar-refractivity contribution is -0.181. The van der Waals surface area contributed by atoms with Gasteiger partial charge in [-0.2, -0.15) is 0 Å². The number of sulfone groups is 1. The molecule has 1 N–H and O–H groups in total. The maximum Gasteiger partial charge on any atom is 0.182 e. The molecule has 0 radical (unpaired) electrons. The van der Waals surface area contributed by atoms with Crippen molar-refractivity contribution in [3.8, 4) is 0 Å². The van der Waals surface area contributed by atoms with Crippen molar-refractivity contribution >= 4 is 9.84 Å². The van der Waals surface area contributed by atoms with Crippen molar-refractivity contribution in [3.63, 3.8) is 0 Å². The molecule has 6 heteroatoms. The van der Waals surface area contributed by atoms with Crippen LogP contribution in [0.1, 0.15) is 25.7 Å². The monoisotopic (exact) mass is 266 g/mol. The molecule has 3 unspecified atom stereocenters. The maximum atomic E-state index is 11.5. The first kappa shape index (κ1) is 14.9. The summed E-state index contributed by atoms with van der Waals surface area (Å²) in [4.78, 5) is 0. The molecule has 17 heavy (non-hydrogen) atoms. The van der Waals surface area contributed by atoms with E-state index in [-0.39, 0.29) is 11.2 Å². The van der Waals surface area contributed by atoms with Crippen molar-refractivity contribution in [1.29, 1.82) is 0 Å². The van der Waals surface area contributed by atoms with Crippen molar-refractivity contribution in [2.75, 3.05) is 20.5 Å². The van der Waals surface area contributed by atoms with Gasteiger partial charge in [0, 0.05) is 20.5 Å². The molecule has 0 amide bonds. The fourth-order valence-corrected chi connectivity index (χ4v) is 3.67. The van der Waals surface area contributed by atoms with Gasteiger partial charge in [0.05, 0.1) is 5.25 Å². The fraction of sp³-hybridized carbons (Fsp3) is 1.00. The van der Waals surface area contributed by atoms with Crippen LogP contribution in [0.4, 0.5) is 0 Å². The number of aliphatic hydroxyl groups is 1. The van der Waals surface area contributed by atoms with E-state index in [4.69, 9.17) is 9.47 Å². The average Bonchev–Trinajstić information content (AvgIpc) is 2.29. The highest BCUT2D eigenvalue weighted by atomic mass is 32.2. The van der Waals surface area contributed by atoms with E-state index in [1.165, 1.54) is 20.5 Å². The molecule has 0 aromatic heterocycles. The number of hydrogen-bond donors (Lipinski definition) is 1. The zero-order valence-corrected chi connectivity index (χ0v) is 11.4. The first-order valence-electron chi connectivity index (χ1n) is 5.82. The average molecular weight is 266 g/mol. The van der Waals surface area contributed by atoms with Gasteiger partial charge in [-0.15, -0.1) is 0 Å². The Morgan fingerprint density at radius 3 is 2.29 bits per heavy atom. The normalized spacial score (nSPS) is 28.3. The summed E-state index contributed by atoms with van der Waals surface area (Å²) < 4.78 is 33.1. The summed E-state index contributed by atoms with van der Waals surface area (Å²) in [7, 11) is -0.0911. The van der Waals surface area contributed by atoms with Crippen LogP contribution in [-0.2, 0) is 19.3 Å². The molecule has 0 saturated heterocycles. The molecule has 5 nitrogen and oxygen atoms in total. The molecular weight excluding hydrogens is 244 g/mol. The second kappa shape index (κ2) is 6.13. The van der Waals surface area contributed by atoms with E-state index in [0.717, 1.165) is 12.8 Å². The largest absolute Gasteiger partial charge is 0.388 e. The van der Waals surface area contributed by atoms with E-state index in [1.54, 1.807) is 0 Å². The first-order chi connectivity index (χ1) is 7.90. The zero-order chi connectivity index (χ0) is 13.1. The molecule has 102 valence electrons. The lowest BCUT2D eigenvalue weighted by Gasteiger charge is -2.33. The summed E-state index contributed by atoms with van der Waals surface area (Å²) in [5.41, 5.74) is 0. The van der Waals surface area contributed by atoms with Crippen molar-refractivity contribution < 1.29 is 23.0 Å². The highest BCUT2D eigenvalue weighted by Gasteiger charge is 2.35. The number of hydrogen-bond acceptors (Lipinski definition) is 5. The molecule has 1 aliphatic rings. The second-order valence-corrected chi connectivity index (χ2v) is 7.03. The van der Waals surface area contributed by atoms with Crippen molar-refractivity contribution in [2.24, 2.45) is 5.92 Å². The molecule has 0 bridgehead atoms. The minimum Gasteiger partial charge on any atom is -0.388 e. The molecule has 0 heterocycles. The minimum absolute atomic E-state index is 0.0756. The Morgan fingerprint density at radius 1 is 1.24 bits per heavy atom. The molecule has 0 aromatic rings. The summed E-state index contributed by atoms with van der Waals surface area (Å²) in [5, 5.41) is 9.73. The topological polar surface area (TPSA) is 72.8 Å². The van der Waals surface area contributed by atoms with Gasteiger partial charge in [-0.25, -0.2) is 8.42 Å². The third-order valence-corrected chi connectivity index (χ3v) is 5.14. The molecule has 0 aromatic carbocycles. The van der Waals surface area contributed by atoms with Gasteiger partial charge < -0.3 is 14.6 Å². The summed E-state index contributed by atoms with van der Waals surface area (Å²) in [6.07, 6.45) is 2.62. The van der Waals surface area contributed by atoms with E-state index in [2.05, 4.69) is 0 Å². The summed E-state index contributed by atoms with van der Waals surface area (Å²) in [6.45, 7) is 0. The van der Waals surface area contributed by atoms with Crippen LogP contribution in [0.5, 0.6) is 0 Å². The highest BCUT2D eigenvalue weighted by Crippen LogP contribution is 2.32. The summed E-state index contributed by atoms with van der Waals surface area (Å²) >= 11 is 0. The van der Waals surface area contributed by atoms with Gasteiger partial charge in [-0.1, -0.05) is 6.42 Å². The van der Waals surface area contributed by atoms with E-state index < -0.39 is 22.2 Å². The number of ether oxygens (including phenoxy) is 2. The van der Waals surface area contributed by atoms with Crippen LogP contribution in [0, 0.1) is 5.92 Å². The van der Waals surface area contributed by atoms with Crippen LogP contribution >= 0.6 is 0 Å². The predicted molar refractivity (Wildman–Crippen MR) is 64.4 cm³/mol. The second-order valence-electron chi connectivity index (χ2n) is 4.71. The SMILES string of the molecule is COC(OC)C(O)C1CCCC(S(C)(=O)=O)C1. The van der Waals surface area contributed by atoms with Crippen LogP contribution in [-0.4, -0.2) is 51.6 Å². The van der Waals surface area contributed by atoms with Crippen molar-refractivity contribution in [3.05, 3.63) is 0 Å². The molecular formula is C11H22O5S. The van der Waals surface area contributed by atoms with Crippen LogP contribution < -0.4 is 0 Å². The fourth-order valence-electron chi connectivity index (χ4n) is 2.48. The maximum absolute atomic E-state index is 11.5. The van der Waals surface area contributed by atoms with Gasteiger partial charge in [0.15, 0.2) is 6.29 Å². The number of rotatable bonds is 5. The standard InChI is InChI=1S/C11H22O5S/c1-15-11(16-2)10(12)8-5-4-6-9(7-8)17(3,13)14/h8-12H,4-7H2,1-3H3. The van der Waals surface area contributed by atoms with Crippen molar-refractivity contribution in [2.45, 2.75) is 43.3 Å². The van der Waals surface area contributed by atoms with Gasteiger partial charge in [-0.3, -0.25) is 0 Å². The predicted octanol–water partition coefficient (Wildman–Crippen LogP) is 0.570. The van der Waals surface area contributed by atoms with Gasteiger partial charge in [0.2, 0.25) is 0 Å². The molecule has 0 aliphatic heterocycles. The van der Waals surface area contributed by atoms with Crippen LogP contribution in [0.25, 0.3) is 0 Å². The van der Waals surface area contributed by atoms with E-state index in [9.17, 15) is 13.5 Å². The Kier molecular flexibility index (Phi) is 5.37. The van der Waals surface area contributed by atoms with E-state index in [0.29, 0.717) is 12.8 Å². The third kappa shape index (κ3) is 3.91. The Hall–Kier alpha value is -0.170. The minimum atomic E-state index is -3.02. The Balaban J connectivity index is 2.66. The molecule has 1 rings (SSSR count). The third-order valence-electron chi connectivity index (χ3n) is 3.50. The van der Waals surface area contributed by atoms with Gasteiger partial charge in [0.25, 0.3) is 0 Å². The van der Waals surface area contributed by atoms with Crippen LogP contribution in [0.3, 0.4) is 0 Å². The van der Waals surface area contributed by atoms with Gasteiger partial charge in [-0.05, 0) is 25.2 Å².